The lowest BCUT2D eigenvalue weighted by atomic mass is 9.99. The van der Waals surface area contributed by atoms with Crippen molar-refractivity contribution in [2.75, 3.05) is 43.7 Å². The number of fused-ring (bicyclic) bond motifs is 1. The Morgan fingerprint density at radius 1 is 0.786 bits per heavy atom. The Hall–Kier alpha value is -2.50. The predicted molar refractivity (Wildman–Crippen MR) is 112 cm³/mol. The maximum Gasteiger partial charge on any atom is 0.227 e. The van der Waals surface area contributed by atoms with Crippen molar-refractivity contribution < 1.29 is 9.47 Å². The van der Waals surface area contributed by atoms with Crippen LogP contribution >= 0.6 is 0 Å². The van der Waals surface area contributed by atoms with Gasteiger partial charge in [0, 0.05) is 37.9 Å². The minimum atomic E-state index is 0.776. The predicted octanol–water partition coefficient (Wildman–Crippen LogP) is 3.75. The van der Waals surface area contributed by atoms with E-state index in [0.29, 0.717) is 0 Å². The standard InChI is InChI=1S/C22H30N4O2/c1-16-12-21(25-9-6-4-5-7-10-25)24-22(23-16)26-11-8-17-13-19(27-2)20(28-3)14-18(17)15-26/h12-14H,4-11,15H2,1-3H3. The molecule has 0 saturated carbocycles. The fourth-order valence-corrected chi connectivity index (χ4v) is 4.19. The lowest BCUT2D eigenvalue weighted by Crippen LogP contribution is -2.33. The van der Waals surface area contributed by atoms with Gasteiger partial charge in [0.25, 0.3) is 0 Å². The van der Waals surface area contributed by atoms with Crippen LogP contribution in [0, 0.1) is 6.92 Å². The largest absolute Gasteiger partial charge is 0.493 e. The van der Waals surface area contributed by atoms with Crippen LogP contribution in [-0.2, 0) is 13.0 Å². The lowest BCUT2D eigenvalue weighted by Gasteiger charge is -2.31. The molecule has 150 valence electrons. The highest BCUT2D eigenvalue weighted by Crippen LogP contribution is 2.34. The van der Waals surface area contributed by atoms with E-state index in [1.165, 1.54) is 36.8 Å². The maximum absolute atomic E-state index is 5.49. The molecule has 2 aliphatic heterocycles. The summed E-state index contributed by atoms with van der Waals surface area (Å²) in [5.41, 5.74) is 3.60. The lowest BCUT2D eigenvalue weighted by molar-refractivity contribution is 0.353. The van der Waals surface area contributed by atoms with Crippen LogP contribution in [0.25, 0.3) is 0 Å². The van der Waals surface area contributed by atoms with Crippen LogP contribution in [0.2, 0.25) is 0 Å². The van der Waals surface area contributed by atoms with Gasteiger partial charge in [-0.1, -0.05) is 12.8 Å². The smallest absolute Gasteiger partial charge is 0.227 e. The molecule has 0 radical (unpaired) electrons. The van der Waals surface area contributed by atoms with Gasteiger partial charge in [0.15, 0.2) is 11.5 Å². The summed E-state index contributed by atoms with van der Waals surface area (Å²) in [6, 6.07) is 6.32. The molecule has 6 nitrogen and oxygen atoms in total. The molecule has 28 heavy (non-hydrogen) atoms. The second-order valence-corrected chi connectivity index (χ2v) is 7.72. The van der Waals surface area contributed by atoms with Crippen molar-refractivity contribution in [2.24, 2.45) is 0 Å². The molecular formula is C22H30N4O2. The number of anilines is 2. The Kier molecular flexibility index (Phi) is 5.55. The first-order chi connectivity index (χ1) is 13.7. The van der Waals surface area contributed by atoms with Gasteiger partial charge in [0.05, 0.1) is 14.2 Å². The minimum absolute atomic E-state index is 0.776. The number of hydrogen-bond acceptors (Lipinski definition) is 6. The molecule has 0 spiro atoms. The van der Waals surface area contributed by atoms with Gasteiger partial charge in [0.1, 0.15) is 5.82 Å². The van der Waals surface area contributed by atoms with Crippen LogP contribution in [0.3, 0.4) is 0 Å². The van der Waals surface area contributed by atoms with Crippen molar-refractivity contribution in [2.45, 2.75) is 45.6 Å². The fourth-order valence-electron chi connectivity index (χ4n) is 4.19. The minimum Gasteiger partial charge on any atom is -0.493 e. The summed E-state index contributed by atoms with van der Waals surface area (Å²) in [7, 11) is 3.37. The number of ether oxygens (including phenoxy) is 2. The molecular weight excluding hydrogens is 352 g/mol. The molecule has 1 aromatic carbocycles. The van der Waals surface area contributed by atoms with Crippen molar-refractivity contribution in [3.63, 3.8) is 0 Å². The first kappa shape index (κ1) is 18.8. The van der Waals surface area contributed by atoms with E-state index in [0.717, 1.165) is 61.6 Å². The second kappa shape index (κ2) is 8.25. The average molecular weight is 383 g/mol. The van der Waals surface area contributed by atoms with Gasteiger partial charge in [0.2, 0.25) is 5.95 Å². The van der Waals surface area contributed by atoms with E-state index in [1.807, 2.05) is 0 Å². The van der Waals surface area contributed by atoms with Gasteiger partial charge < -0.3 is 19.3 Å². The van der Waals surface area contributed by atoms with Crippen LogP contribution in [0.1, 0.15) is 42.5 Å². The highest BCUT2D eigenvalue weighted by atomic mass is 16.5. The third kappa shape index (κ3) is 3.86. The van der Waals surface area contributed by atoms with E-state index in [4.69, 9.17) is 19.4 Å². The molecule has 1 fully saturated rings. The molecule has 1 saturated heterocycles. The van der Waals surface area contributed by atoms with Crippen molar-refractivity contribution in [1.82, 2.24) is 9.97 Å². The van der Waals surface area contributed by atoms with E-state index in [1.54, 1.807) is 14.2 Å². The van der Waals surface area contributed by atoms with Crippen LogP contribution in [-0.4, -0.2) is 43.8 Å². The van der Waals surface area contributed by atoms with Crippen LogP contribution < -0.4 is 19.3 Å². The molecule has 0 amide bonds. The topological polar surface area (TPSA) is 50.7 Å². The van der Waals surface area contributed by atoms with Crippen molar-refractivity contribution >= 4 is 11.8 Å². The SMILES string of the molecule is COc1cc2c(cc1OC)CN(c1nc(C)cc(N3CCCCCC3)n1)CC2. The normalized spacial score (nSPS) is 17.1. The molecule has 0 bridgehead atoms. The molecule has 0 N–H and O–H groups in total. The molecule has 1 aromatic heterocycles. The Balaban J connectivity index is 1.60. The summed E-state index contributed by atoms with van der Waals surface area (Å²) < 4.78 is 10.9. The molecule has 0 atom stereocenters. The zero-order valence-corrected chi connectivity index (χ0v) is 17.2. The van der Waals surface area contributed by atoms with E-state index < -0.39 is 0 Å². The van der Waals surface area contributed by atoms with Gasteiger partial charge >= 0.3 is 0 Å². The Labute approximate surface area is 167 Å². The number of benzene rings is 1. The molecule has 3 heterocycles. The van der Waals surface area contributed by atoms with Crippen molar-refractivity contribution in [3.8, 4) is 11.5 Å². The molecule has 0 aliphatic carbocycles. The third-order valence-electron chi connectivity index (χ3n) is 5.76. The molecule has 4 rings (SSSR count). The Bertz CT molecular complexity index is 832. The Morgan fingerprint density at radius 3 is 2.14 bits per heavy atom. The van der Waals surface area contributed by atoms with Crippen molar-refractivity contribution in [3.05, 3.63) is 35.0 Å². The Morgan fingerprint density at radius 2 is 1.46 bits per heavy atom. The number of methoxy groups -OCH3 is 2. The summed E-state index contributed by atoms with van der Waals surface area (Å²) >= 11 is 0. The van der Waals surface area contributed by atoms with Gasteiger partial charge in [-0.25, -0.2) is 4.98 Å². The second-order valence-electron chi connectivity index (χ2n) is 7.72. The zero-order valence-electron chi connectivity index (χ0n) is 17.2. The molecule has 6 heteroatoms. The number of aromatic nitrogens is 2. The monoisotopic (exact) mass is 382 g/mol. The van der Waals surface area contributed by atoms with E-state index in [9.17, 15) is 0 Å². The summed E-state index contributed by atoms with van der Waals surface area (Å²) in [6.07, 6.45) is 6.09. The van der Waals surface area contributed by atoms with Gasteiger partial charge in [-0.05, 0) is 49.4 Å². The highest BCUT2D eigenvalue weighted by molar-refractivity contribution is 5.52. The number of rotatable bonds is 4. The summed E-state index contributed by atoms with van der Waals surface area (Å²) in [4.78, 5) is 14.4. The number of nitrogens with zero attached hydrogens (tertiary/aromatic N) is 4. The van der Waals surface area contributed by atoms with Gasteiger partial charge in [-0.3, -0.25) is 0 Å². The first-order valence-electron chi connectivity index (χ1n) is 10.3. The average Bonchev–Trinajstić information content (AvgIpc) is 3.01. The molecule has 2 aliphatic rings. The van der Waals surface area contributed by atoms with E-state index in [-0.39, 0.29) is 0 Å². The zero-order chi connectivity index (χ0) is 19.5. The summed E-state index contributed by atoms with van der Waals surface area (Å²) in [5.74, 6) is 3.48. The fraction of sp³-hybridized carbons (Fsp3) is 0.545. The summed E-state index contributed by atoms with van der Waals surface area (Å²) in [6.45, 7) is 5.95. The maximum atomic E-state index is 5.49. The highest BCUT2D eigenvalue weighted by Gasteiger charge is 2.22. The third-order valence-corrected chi connectivity index (χ3v) is 5.76. The van der Waals surface area contributed by atoms with E-state index in [2.05, 4.69) is 34.9 Å². The number of aryl methyl sites for hydroxylation is 1. The summed E-state index contributed by atoms with van der Waals surface area (Å²) in [5, 5.41) is 0. The van der Waals surface area contributed by atoms with Crippen LogP contribution in [0.15, 0.2) is 18.2 Å². The van der Waals surface area contributed by atoms with Crippen LogP contribution in [0.5, 0.6) is 11.5 Å². The molecule has 2 aromatic rings. The van der Waals surface area contributed by atoms with Crippen LogP contribution in [0.4, 0.5) is 11.8 Å². The van der Waals surface area contributed by atoms with E-state index >= 15 is 0 Å². The van der Waals surface area contributed by atoms with Gasteiger partial charge in [-0.15, -0.1) is 0 Å². The first-order valence-corrected chi connectivity index (χ1v) is 10.3. The molecule has 0 unspecified atom stereocenters. The van der Waals surface area contributed by atoms with Crippen molar-refractivity contribution in [1.29, 1.82) is 0 Å². The number of hydrogen-bond donors (Lipinski definition) is 0. The quantitative estimate of drug-likeness (QED) is 0.803. The van der Waals surface area contributed by atoms with Gasteiger partial charge in [-0.2, -0.15) is 4.98 Å².